The molecule has 0 spiro atoms. The van der Waals surface area contributed by atoms with Gasteiger partial charge in [-0.1, -0.05) is 122 Å². The number of anilines is 1. The summed E-state index contributed by atoms with van der Waals surface area (Å²) in [5.74, 6) is 0. The maximum atomic E-state index is 6.97. The number of nitrogen functional groups attached to an aromatic ring is 1. The molecule has 1 heteroatoms. The third-order valence-corrected chi connectivity index (χ3v) is 6.79. The summed E-state index contributed by atoms with van der Waals surface area (Å²) < 4.78 is 0. The fourth-order valence-electron chi connectivity index (χ4n) is 5.52. The van der Waals surface area contributed by atoms with E-state index in [0.29, 0.717) is 0 Å². The Hall–Kier alpha value is -4.10. The largest absolute Gasteiger partial charge is 0.398 e. The summed E-state index contributed by atoms with van der Waals surface area (Å²) in [4.78, 5) is 0. The minimum absolute atomic E-state index is 0.524. The van der Waals surface area contributed by atoms with Crippen LogP contribution in [0.5, 0.6) is 0 Å². The molecule has 34 heavy (non-hydrogen) atoms. The molecule has 0 saturated carbocycles. The lowest BCUT2D eigenvalue weighted by Crippen LogP contribution is -2.30. The van der Waals surface area contributed by atoms with E-state index in [-0.39, 0.29) is 0 Å². The van der Waals surface area contributed by atoms with E-state index in [9.17, 15) is 0 Å². The molecule has 0 unspecified atom stereocenters. The van der Waals surface area contributed by atoms with Gasteiger partial charge in [-0.3, -0.25) is 0 Å². The number of rotatable bonds is 6. The van der Waals surface area contributed by atoms with Crippen LogP contribution in [0.2, 0.25) is 0 Å². The zero-order valence-electron chi connectivity index (χ0n) is 19.5. The molecule has 0 fully saturated rings. The van der Waals surface area contributed by atoms with Crippen molar-refractivity contribution in [3.05, 3.63) is 167 Å². The Morgan fingerprint density at radius 1 is 0.765 bits per heavy atom. The molecule has 4 aromatic carbocycles. The molecule has 0 aliphatic heterocycles. The zero-order chi connectivity index (χ0) is 23.5. The van der Waals surface area contributed by atoms with Gasteiger partial charge >= 0.3 is 0 Å². The highest BCUT2D eigenvalue weighted by atomic mass is 14.6. The second-order valence-electron chi connectivity index (χ2n) is 8.78. The van der Waals surface area contributed by atoms with Gasteiger partial charge in [-0.25, -0.2) is 0 Å². The molecule has 0 heterocycles. The minimum Gasteiger partial charge on any atom is -0.398 e. The molecule has 2 N–H and O–H groups in total. The molecule has 0 saturated heterocycles. The molecule has 1 aliphatic carbocycles. The molecule has 5 rings (SSSR count). The number of allylic oxidation sites excluding steroid dienone is 5. The van der Waals surface area contributed by atoms with E-state index < -0.39 is 5.41 Å². The van der Waals surface area contributed by atoms with Crippen LogP contribution in [-0.4, -0.2) is 0 Å². The average Bonchev–Trinajstić information content (AvgIpc) is 3.16. The van der Waals surface area contributed by atoms with Gasteiger partial charge in [-0.2, -0.15) is 0 Å². The van der Waals surface area contributed by atoms with Crippen molar-refractivity contribution in [1.29, 1.82) is 0 Å². The van der Waals surface area contributed by atoms with Crippen LogP contribution >= 0.6 is 0 Å². The molecule has 166 valence electrons. The lowest BCUT2D eigenvalue weighted by Gasteiger charge is -2.35. The van der Waals surface area contributed by atoms with Crippen LogP contribution in [0.15, 0.2) is 134 Å². The molecule has 0 amide bonds. The van der Waals surface area contributed by atoms with Crippen LogP contribution in [-0.2, 0) is 11.8 Å². The first-order valence-corrected chi connectivity index (χ1v) is 11.8. The van der Waals surface area contributed by atoms with Crippen LogP contribution in [0.1, 0.15) is 40.3 Å². The summed E-state index contributed by atoms with van der Waals surface area (Å²) in [6.07, 6.45) is 7.17. The molecule has 0 atom stereocenters. The van der Waals surface area contributed by atoms with Gasteiger partial charge in [0, 0.05) is 11.3 Å². The number of nitrogens with two attached hydrogens (primary N) is 1. The van der Waals surface area contributed by atoms with Crippen LogP contribution in [0, 0.1) is 0 Å². The first kappa shape index (κ1) is 21.7. The molecular formula is C33H29N. The second-order valence-corrected chi connectivity index (χ2v) is 8.78. The standard InChI is InChI=1S/C33H29N/c1-3-14-28-29-22-25(21-24-15-8-5-9-16-24)23-31(34)32(29)33(30(28)4-2,26-17-10-6-11-18-26)27-19-12-7-13-20-27/h3-20,22-23H,2,21,34H2,1H3/b14-3-. The predicted molar refractivity (Wildman–Crippen MR) is 145 cm³/mol. The van der Waals surface area contributed by atoms with Crippen LogP contribution in [0.25, 0.3) is 5.57 Å². The summed E-state index contributed by atoms with van der Waals surface area (Å²) in [6.45, 7) is 6.36. The van der Waals surface area contributed by atoms with E-state index >= 15 is 0 Å². The first-order chi connectivity index (χ1) is 16.7. The van der Waals surface area contributed by atoms with E-state index in [1.54, 1.807) is 0 Å². The van der Waals surface area contributed by atoms with Crippen molar-refractivity contribution in [2.75, 3.05) is 5.73 Å². The fourth-order valence-corrected chi connectivity index (χ4v) is 5.52. The Morgan fingerprint density at radius 2 is 1.32 bits per heavy atom. The highest BCUT2D eigenvalue weighted by Gasteiger charge is 2.47. The molecule has 1 aliphatic rings. The third-order valence-electron chi connectivity index (χ3n) is 6.79. The van der Waals surface area contributed by atoms with Gasteiger partial charge in [0.05, 0.1) is 5.41 Å². The van der Waals surface area contributed by atoms with Crippen molar-refractivity contribution in [3.8, 4) is 0 Å². The molecule has 0 aromatic heterocycles. The summed E-state index contributed by atoms with van der Waals surface area (Å²) >= 11 is 0. The number of benzene rings is 4. The SMILES string of the molecule is C=CC1=C(/C=C\C)c2cc(Cc3ccccc3)cc(N)c2C1(c1ccccc1)c1ccccc1. The van der Waals surface area contributed by atoms with Gasteiger partial charge in [-0.05, 0) is 58.4 Å². The topological polar surface area (TPSA) is 26.0 Å². The third kappa shape index (κ3) is 3.41. The maximum absolute atomic E-state index is 6.97. The van der Waals surface area contributed by atoms with Gasteiger partial charge in [0.25, 0.3) is 0 Å². The van der Waals surface area contributed by atoms with E-state index in [0.717, 1.165) is 17.7 Å². The zero-order valence-corrected chi connectivity index (χ0v) is 19.5. The number of hydrogen-bond donors (Lipinski definition) is 1. The Bertz CT molecular complexity index is 1340. The highest BCUT2D eigenvalue weighted by molar-refractivity contribution is 5.94. The van der Waals surface area contributed by atoms with Crippen LogP contribution in [0.4, 0.5) is 5.69 Å². The minimum atomic E-state index is -0.524. The van der Waals surface area contributed by atoms with E-state index in [4.69, 9.17) is 5.73 Å². The smallest absolute Gasteiger partial charge is 0.0733 e. The average molecular weight is 440 g/mol. The van der Waals surface area contributed by atoms with E-state index in [2.05, 4.69) is 129 Å². The summed E-state index contributed by atoms with van der Waals surface area (Å²) in [5, 5.41) is 0. The summed E-state index contributed by atoms with van der Waals surface area (Å²) in [6, 6.07) is 36.4. The quantitative estimate of drug-likeness (QED) is 0.306. The molecule has 0 radical (unpaired) electrons. The second kappa shape index (κ2) is 9.03. The van der Waals surface area contributed by atoms with E-state index in [1.807, 2.05) is 6.08 Å². The number of fused-ring (bicyclic) bond motifs is 1. The molecule has 4 aromatic rings. The first-order valence-electron chi connectivity index (χ1n) is 11.8. The summed E-state index contributed by atoms with van der Waals surface area (Å²) in [5.41, 5.74) is 16.8. The Kier molecular flexibility index (Phi) is 5.77. The van der Waals surface area contributed by atoms with Crippen molar-refractivity contribution in [2.24, 2.45) is 0 Å². The maximum Gasteiger partial charge on any atom is 0.0733 e. The monoisotopic (exact) mass is 439 g/mol. The normalized spacial score (nSPS) is 14.4. The van der Waals surface area contributed by atoms with Gasteiger partial charge in [0.2, 0.25) is 0 Å². The van der Waals surface area contributed by atoms with Gasteiger partial charge in [-0.15, -0.1) is 0 Å². The molecule has 0 bridgehead atoms. The molecular weight excluding hydrogens is 410 g/mol. The Morgan fingerprint density at radius 3 is 1.85 bits per heavy atom. The lowest BCUT2D eigenvalue weighted by molar-refractivity contribution is 0.764. The number of hydrogen-bond acceptors (Lipinski definition) is 1. The Labute approximate surface area is 202 Å². The van der Waals surface area contributed by atoms with Gasteiger partial charge in [0.1, 0.15) is 0 Å². The van der Waals surface area contributed by atoms with Crippen molar-refractivity contribution >= 4 is 11.3 Å². The fraction of sp³-hybridized carbons (Fsp3) is 0.0909. The predicted octanol–water partition coefficient (Wildman–Crippen LogP) is 7.72. The van der Waals surface area contributed by atoms with Crippen molar-refractivity contribution in [2.45, 2.75) is 18.8 Å². The lowest BCUT2D eigenvalue weighted by atomic mass is 9.66. The van der Waals surface area contributed by atoms with Crippen molar-refractivity contribution in [1.82, 2.24) is 0 Å². The van der Waals surface area contributed by atoms with Crippen LogP contribution < -0.4 is 5.73 Å². The van der Waals surface area contributed by atoms with Crippen LogP contribution in [0.3, 0.4) is 0 Å². The summed E-state index contributed by atoms with van der Waals surface area (Å²) in [7, 11) is 0. The van der Waals surface area contributed by atoms with E-state index in [1.165, 1.54) is 39.0 Å². The molecule has 1 nitrogen and oxygen atoms in total. The van der Waals surface area contributed by atoms with Crippen molar-refractivity contribution < 1.29 is 0 Å². The van der Waals surface area contributed by atoms with Crippen molar-refractivity contribution in [3.63, 3.8) is 0 Å². The van der Waals surface area contributed by atoms with Gasteiger partial charge in [0.15, 0.2) is 0 Å². The highest BCUT2D eigenvalue weighted by Crippen LogP contribution is 2.57. The Balaban J connectivity index is 1.85. The van der Waals surface area contributed by atoms with Gasteiger partial charge < -0.3 is 5.73 Å².